The standard InChI is InChI=1S/C13H10FN3OS2/c14-9-4-2-1-3-8(9)7-10-11(18)17(12(19)16-10)13-15-5-6-20-13/h1-6,10H,7H2,(H,16,19). The summed E-state index contributed by atoms with van der Waals surface area (Å²) in [7, 11) is 0. The van der Waals surface area contributed by atoms with Gasteiger partial charge in [0, 0.05) is 18.0 Å². The lowest BCUT2D eigenvalue weighted by molar-refractivity contribution is -0.118. The average Bonchev–Trinajstić information content (AvgIpc) is 3.02. The van der Waals surface area contributed by atoms with Crippen LogP contribution in [0.5, 0.6) is 0 Å². The third-order valence-corrected chi connectivity index (χ3v) is 4.07. The first-order valence-corrected chi connectivity index (χ1v) is 7.23. The van der Waals surface area contributed by atoms with Crippen molar-refractivity contribution in [3.63, 3.8) is 0 Å². The second-order valence-electron chi connectivity index (χ2n) is 4.29. The van der Waals surface area contributed by atoms with Crippen LogP contribution in [-0.4, -0.2) is 22.0 Å². The van der Waals surface area contributed by atoms with Crippen LogP contribution in [0.2, 0.25) is 0 Å². The highest BCUT2D eigenvalue weighted by Gasteiger charge is 2.37. The Balaban J connectivity index is 1.82. The van der Waals surface area contributed by atoms with E-state index in [4.69, 9.17) is 12.2 Å². The molecule has 1 aliphatic heterocycles. The van der Waals surface area contributed by atoms with E-state index in [9.17, 15) is 9.18 Å². The Hall–Kier alpha value is -1.86. The van der Waals surface area contributed by atoms with E-state index in [1.165, 1.54) is 22.3 Å². The first-order chi connectivity index (χ1) is 9.66. The largest absolute Gasteiger partial charge is 0.350 e. The van der Waals surface area contributed by atoms with Crippen LogP contribution in [0.4, 0.5) is 9.52 Å². The average molecular weight is 307 g/mol. The molecule has 1 aliphatic rings. The molecule has 1 amide bonds. The number of thiazole rings is 1. The van der Waals surface area contributed by atoms with E-state index in [-0.39, 0.29) is 18.1 Å². The van der Waals surface area contributed by atoms with E-state index >= 15 is 0 Å². The summed E-state index contributed by atoms with van der Waals surface area (Å²) in [6.07, 6.45) is 1.87. The summed E-state index contributed by atoms with van der Waals surface area (Å²) in [6.45, 7) is 0. The Morgan fingerprint density at radius 2 is 2.25 bits per heavy atom. The number of nitrogens with one attached hydrogen (secondary N) is 1. The Morgan fingerprint density at radius 1 is 1.45 bits per heavy atom. The Kier molecular flexibility index (Phi) is 3.45. The van der Waals surface area contributed by atoms with Crippen LogP contribution in [-0.2, 0) is 11.2 Å². The minimum Gasteiger partial charge on any atom is -0.350 e. The third-order valence-electron chi connectivity index (χ3n) is 3.01. The van der Waals surface area contributed by atoms with Crippen molar-refractivity contribution in [2.45, 2.75) is 12.5 Å². The number of aromatic nitrogens is 1. The molecule has 4 nitrogen and oxygen atoms in total. The Morgan fingerprint density at radius 3 is 2.95 bits per heavy atom. The fourth-order valence-corrected chi connectivity index (χ4v) is 3.09. The van der Waals surface area contributed by atoms with Crippen LogP contribution in [0.1, 0.15) is 5.56 Å². The maximum absolute atomic E-state index is 13.6. The molecule has 1 aromatic carbocycles. The molecule has 0 radical (unpaired) electrons. The highest BCUT2D eigenvalue weighted by Crippen LogP contribution is 2.23. The molecule has 1 N–H and O–H groups in total. The van der Waals surface area contributed by atoms with Gasteiger partial charge >= 0.3 is 0 Å². The molecular weight excluding hydrogens is 297 g/mol. The highest BCUT2D eigenvalue weighted by atomic mass is 32.1. The van der Waals surface area contributed by atoms with Gasteiger partial charge in [-0.1, -0.05) is 18.2 Å². The van der Waals surface area contributed by atoms with E-state index in [0.717, 1.165) is 0 Å². The van der Waals surface area contributed by atoms with Gasteiger partial charge in [0.15, 0.2) is 10.2 Å². The van der Waals surface area contributed by atoms with Crippen LogP contribution in [0.25, 0.3) is 0 Å². The smallest absolute Gasteiger partial charge is 0.258 e. The number of carbonyl (C=O) groups excluding carboxylic acids is 1. The molecule has 7 heteroatoms. The normalized spacial score (nSPS) is 18.4. The van der Waals surface area contributed by atoms with Gasteiger partial charge in [0.2, 0.25) is 0 Å². The van der Waals surface area contributed by atoms with Crippen LogP contribution >= 0.6 is 23.6 Å². The van der Waals surface area contributed by atoms with Gasteiger partial charge in [-0.2, -0.15) is 0 Å². The molecule has 1 saturated heterocycles. The van der Waals surface area contributed by atoms with Crippen LogP contribution in [0.15, 0.2) is 35.8 Å². The lowest BCUT2D eigenvalue weighted by Crippen LogP contribution is -2.32. The maximum atomic E-state index is 13.6. The van der Waals surface area contributed by atoms with E-state index in [1.807, 2.05) is 0 Å². The lowest BCUT2D eigenvalue weighted by atomic mass is 10.1. The molecular formula is C13H10FN3OS2. The molecule has 2 heterocycles. The van der Waals surface area contributed by atoms with Gasteiger partial charge in [-0.05, 0) is 23.8 Å². The summed E-state index contributed by atoms with van der Waals surface area (Å²) in [5, 5.41) is 5.54. The minimum atomic E-state index is -0.553. The topological polar surface area (TPSA) is 45.2 Å². The van der Waals surface area contributed by atoms with E-state index in [0.29, 0.717) is 15.8 Å². The predicted octanol–water partition coefficient (Wildman–Crippen LogP) is 2.11. The number of anilines is 1. The number of nitrogens with zero attached hydrogens (tertiary/aromatic N) is 2. The van der Waals surface area contributed by atoms with Crippen molar-refractivity contribution in [2.75, 3.05) is 4.90 Å². The number of benzene rings is 1. The zero-order valence-electron chi connectivity index (χ0n) is 10.2. The third kappa shape index (κ3) is 2.30. The second-order valence-corrected chi connectivity index (χ2v) is 5.55. The first kappa shape index (κ1) is 13.1. The summed E-state index contributed by atoms with van der Waals surface area (Å²) < 4.78 is 13.6. The van der Waals surface area contributed by atoms with Crippen LogP contribution in [0, 0.1) is 5.82 Å². The molecule has 3 rings (SSSR count). The van der Waals surface area contributed by atoms with Crippen molar-refractivity contribution >= 4 is 39.7 Å². The number of hydrogen-bond donors (Lipinski definition) is 1. The van der Waals surface area contributed by atoms with Crippen LogP contribution < -0.4 is 10.2 Å². The molecule has 1 fully saturated rings. The number of carbonyl (C=O) groups is 1. The zero-order chi connectivity index (χ0) is 14.1. The number of rotatable bonds is 3. The SMILES string of the molecule is O=C1C(Cc2ccccc2F)NC(=S)N1c1nccs1. The van der Waals surface area contributed by atoms with Gasteiger partial charge in [0.1, 0.15) is 11.9 Å². The minimum absolute atomic E-state index is 0.201. The summed E-state index contributed by atoms with van der Waals surface area (Å²) in [6, 6.07) is 5.86. The molecule has 1 atom stereocenters. The number of hydrogen-bond acceptors (Lipinski definition) is 4. The van der Waals surface area contributed by atoms with Crippen molar-refractivity contribution in [3.8, 4) is 0 Å². The van der Waals surface area contributed by atoms with Crippen molar-refractivity contribution in [1.29, 1.82) is 0 Å². The molecule has 0 aliphatic carbocycles. The fourth-order valence-electron chi connectivity index (χ4n) is 2.06. The fraction of sp³-hybridized carbons (Fsp3) is 0.154. The summed E-state index contributed by atoms with van der Waals surface area (Å²) in [5.74, 6) is -0.520. The molecule has 0 bridgehead atoms. The predicted molar refractivity (Wildman–Crippen MR) is 79.2 cm³/mol. The van der Waals surface area contributed by atoms with Crippen molar-refractivity contribution in [1.82, 2.24) is 10.3 Å². The first-order valence-electron chi connectivity index (χ1n) is 5.94. The van der Waals surface area contributed by atoms with E-state index < -0.39 is 6.04 Å². The Labute approximate surface area is 124 Å². The molecule has 2 aromatic rings. The quantitative estimate of drug-likeness (QED) is 0.882. The second kappa shape index (κ2) is 5.26. The molecule has 0 saturated carbocycles. The summed E-state index contributed by atoms with van der Waals surface area (Å²) in [4.78, 5) is 17.8. The summed E-state index contributed by atoms with van der Waals surface area (Å²) >= 11 is 6.49. The molecule has 102 valence electrons. The molecule has 0 spiro atoms. The molecule has 20 heavy (non-hydrogen) atoms. The van der Waals surface area contributed by atoms with Gasteiger partial charge in [0.25, 0.3) is 5.91 Å². The number of halogens is 1. The van der Waals surface area contributed by atoms with Crippen molar-refractivity contribution in [2.24, 2.45) is 0 Å². The van der Waals surface area contributed by atoms with Gasteiger partial charge in [-0.3, -0.25) is 4.79 Å². The molecule has 1 unspecified atom stereocenters. The maximum Gasteiger partial charge on any atom is 0.258 e. The van der Waals surface area contributed by atoms with Crippen molar-refractivity contribution < 1.29 is 9.18 Å². The van der Waals surface area contributed by atoms with Crippen LogP contribution in [0.3, 0.4) is 0 Å². The number of amides is 1. The van der Waals surface area contributed by atoms with Crippen molar-refractivity contribution in [3.05, 3.63) is 47.2 Å². The van der Waals surface area contributed by atoms with Gasteiger partial charge in [-0.25, -0.2) is 14.3 Å². The van der Waals surface area contributed by atoms with E-state index in [2.05, 4.69) is 10.3 Å². The van der Waals surface area contributed by atoms with Gasteiger partial charge in [0.05, 0.1) is 0 Å². The molecule has 1 aromatic heterocycles. The highest BCUT2D eigenvalue weighted by molar-refractivity contribution is 7.80. The van der Waals surface area contributed by atoms with Gasteiger partial charge < -0.3 is 5.32 Å². The van der Waals surface area contributed by atoms with E-state index in [1.54, 1.807) is 29.8 Å². The summed E-state index contributed by atoms with van der Waals surface area (Å²) in [5.41, 5.74) is 0.488. The monoisotopic (exact) mass is 307 g/mol. The Bertz CT molecular complexity index is 659. The van der Waals surface area contributed by atoms with Gasteiger partial charge in [-0.15, -0.1) is 11.3 Å². The zero-order valence-corrected chi connectivity index (χ0v) is 11.9. The lowest BCUT2D eigenvalue weighted by Gasteiger charge is -2.10. The number of thiocarbonyl (C=S) groups is 1.